The van der Waals surface area contributed by atoms with Crippen molar-refractivity contribution >= 4 is 29.9 Å². The van der Waals surface area contributed by atoms with Gasteiger partial charge in [-0.15, -0.1) is 24.0 Å². The fourth-order valence-corrected chi connectivity index (χ4v) is 2.23. The van der Waals surface area contributed by atoms with E-state index in [0.29, 0.717) is 18.3 Å². The Kier molecular flexibility index (Phi) is 11.5. The Morgan fingerprint density at radius 1 is 1.31 bits per heavy atom. The van der Waals surface area contributed by atoms with Crippen LogP contribution in [0.15, 0.2) is 29.3 Å². The number of guanidine groups is 1. The number of aliphatic imine (C=N–C) groups is 1. The van der Waals surface area contributed by atoms with Gasteiger partial charge in [0, 0.05) is 33.4 Å². The molecule has 5 nitrogen and oxygen atoms in total. The zero-order chi connectivity index (χ0) is 17.9. The molecule has 8 heteroatoms. The van der Waals surface area contributed by atoms with E-state index in [1.165, 1.54) is 12.8 Å². The number of hydrogen-bond donors (Lipinski definition) is 2. The van der Waals surface area contributed by atoms with Crippen LogP contribution < -0.4 is 15.4 Å². The molecule has 1 aromatic rings. The number of halogens is 3. The minimum absolute atomic E-state index is 0. The van der Waals surface area contributed by atoms with Crippen LogP contribution in [0.2, 0.25) is 0 Å². The molecule has 0 amide bonds. The van der Waals surface area contributed by atoms with Crippen LogP contribution in [0.5, 0.6) is 5.75 Å². The highest BCUT2D eigenvalue weighted by Crippen LogP contribution is 2.28. The van der Waals surface area contributed by atoms with Gasteiger partial charge in [0.05, 0.1) is 0 Å². The van der Waals surface area contributed by atoms with Crippen LogP contribution in [0.1, 0.15) is 24.8 Å². The van der Waals surface area contributed by atoms with Gasteiger partial charge >= 0.3 is 0 Å². The van der Waals surface area contributed by atoms with Gasteiger partial charge in [0.1, 0.15) is 12.4 Å². The van der Waals surface area contributed by atoms with Gasteiger partial charge in [-0.25, -0.2) is 8.78 Å². The zero-order valence-corrected chi connectivity index (χ0v) is 17.4. The van der Waals surface area contributed by atoms with Gasteiger partial charge in [0.25, 0.3) is 6.43 Å². The topological polar surface area (TPSA) is 54.9 Å². The average Bonchev–Trinajstić information content (AvgIpc) is 3.43. The third kappa shape index (κ3) is 10.1. The van der Waals surface area contributed by atoms with Crippen molar-refractivity contribution in [1.82, 2.24) is 10.6 Å². The van der Waals surface area contributed by atoms with Gasteiger partial charge in [-0.1, -0.05) is 12.1 Å². The molecule has 0 atom stereocenters. The van der Waals surface area contributed by atoms with Gasteiger partial charge in [-0.2, -0.15) is 0 Å². The standard InChI is InChI=1S/C18H27F2N3O2.HI/c1-21-18(22-8-3-9-24-12-14-6-7-14)23-11-15-4-2-5-16(10-15)25-13-17(19)20;/h2,4-5,10,14,17H,3,6-9,11-13H2,1H3,(H2,21,22,23);1H. The molecule has 2 N–H and O–H groups in total. The van der Waals surface area contributed by atoms with Crippen molar-refractivity contribution in [2.75, 3.05) is 33.4 Å². The summed E-state index contributed by atoms with van der Waals surface area (Å²) in [5.74, 6) is 1.93. The second-order valence-electron chi connectivity index (χ2n) is 6.07. The van der Waals surface area contributed by atoms with Crippen molar-refractivity contribution < 1.29 is 18.3 Å². The van der Waals surface area contributed by atoms with Gasteiger partial charge in [0.2, 0.25) is 0 Å². The molecule has 0 heterocycles. The molecule has 0 unspecified atom stereocenters. The van der Waals surface area contributed by atoms with E-state index in [-0.39, 0.29) is 24.0 Å². The molecule has 2 rings (SSSR count). The SMILES string of the molecule is CN=C(NCCCOCC1CC1)NCc1cccc(OCC(F)F)c1.I. The summed E-state index contributed by atoms with van der Waals surface area (Å²) >= 11 is 0. The van der Waals surface area contributed by atoms with E-state index in [1.807, 2.05) is 6.07 Å². The monoisotopic (exact) mass is 483 g/mol. The fourth-order valence-electron chi connectivity index (χ4n) is 2.23. The van der Waals surface area contributed by atoms with Crippen LogP contribution in [0.25, 0.3) is 0 Å². The predicted octanol–water partition coefficient (Wildman–Crippen LogP) is 3.43. The molecule has 148 valence electrons. The maximum atomic E-state index is 12.2. The molecule has 1 saturated carbocycles. The second kappa shape index (κ2) is 13.1. The normalized spacial score (nSPS) is 14.1. The number of hydrogen-bond acceptors (Lipinski definition) is 3. The summed E-state index contributed by atoms with van der Waals surface area (Å²) in [6.07, 6.45) is 1.06. The zero-order valence-electron chi connectivity index (χ0n) is 15.0. The maximum Gasteiger partial charge on any atom is 0.272 e. The van der Waals surface area contributed by atoms with E-state index in [2.05, 4.69) is 15.6 Å². The first-order valence-electron chi connectivity index (χ1n) is 8.69. The number of rotatable bonds is 11. The lowest BCUT2D eigenvalue weighted by Gasteiger charge is -2.13. The summed E-state index contributed by atoms with van der Waals surface area (Å²) in [6.45, 7) is 2.36. The Morgan fingerprint density at radius 2 is 2.12 bits per heavy atom. The van der Waals surface area contributed by atoms with Crippen LogP contribution >= 0.6 is 24.0 Å². The molecule has 0 bridgehead atoms. The summed E-state index contributed by atoms with van der Waals surface area (Å²) in [6, 6.07) is 7.10. The highest BCUT2D eigenvalue weighted by Gasteiger charge is 2.20. The summed E-state index contributed by atoms with van der Waals surface area (Å²) in [4.78, 5) is 4.16. The molecule has 0 aliphatic heterocycles. The Hall–Kier alpha value is -1.16. The summed E-state index contributed by atoms with van der Waals surface area (Å²) < 4.78 is 35.0. The van der Waals surface area contributed by atoms with Crippen LogP contribution in [0.3, 0.4) is 0 Å². The largest absolute Gasteiger partial charge is 0.488 e. The number of alkyl halides is 2. The van der Waals surface area contributed by atoms with Gasteiger partial charge in [-0.3, -0.25) is 4.99 Å². The smallest absolute Gasteiger partial charge is 0.272 e. The minimum Gasteiger partial charge on any atom is -0.488 e. The first-order valence-corrected chi connectivity index (χ1v) is 8.69. The molecule has 0 aromatic heterocycles. The molecular formula is C18H28F2IN3O2. The molecule has 0 spiro atoms. The number of nitrogens with zero attached hydrogens (tertiary/aromatic N) is 1. The van der Waals surface area contributed by atoms with Crippen molar-refractivity contribution in [3.05, 3.63) is 29.8 Å². The lowest BCUT2D eigenvalue weighted by atomic mass is 10.2. The van der Waals surface area contributed by atoms with E-state index in [0.717, 1.165) is 37.7 Å². The summed E-state index contributed by atoms with van der Waals surface area (Å²) in [7, 11) is 1.71. The predicted molar refractivity (Wildman–Crippen MR) is 110 cm³/mol. The van der Waals surface area contributed by atoms with Gasteiger partial charge in [0.15, 0.2) is 5.96 Å². The molecule has 0 saturated heterocycles. The lowest BCUT2D eigenvalue weighted by molar-refractivity contribution is 0.0818. The molecule has 1 aliphatic carbocycles. The highest BCUT2D eigenvalue weighted by molar-refractivity contribution is 14.0. The fraction of sp³-hybridized carbons (Fsp3) is 0.611. The van der Waals surface area contributed by atoms with Crippen molar-refractivity contribution in [2.24, 2.45) is 10.9 Å². The van der Waals surface area contributed by atoms with E-state index in [1.54, 1.807) is 25.2 Å². The van der Waals surface area contributed by atoms with E-state index in [9.17, 15) is 8.78 Å². The summed E-state index contributed by atoms with van der Waals surface area (Å²) in [5, 5.41) is 6.42. The highest BCUT2D eigenvalue weighted by atomic mass is 127. The van der Waals surface area contributed by atoms with Gasteiger partial charge in [-0.05, 0) is 42.9 Å². The molecule has 26 heavy (non-hydrogen) atoms. The third-order valence-corrected chi connectivity index (χ3v) is 3.77. The first kappa shape index (κ1) is 22.9. The van der Waals surface area contributed by atoms with Crippen LogP contribution in [-0.2, 0) is 11.3 Å². The van der Waals surface area contributed by atoms with Crippen molar-refractivity contribution in [3.8, 4) is 5.75 Å². The van der Waals surface area contributed by atoms with Crippen LogP contribution in [-0.4, -0.2) is 45.8 Å². The van der Waals surface area contributed by atoms with Crippen molar-refractivity contribution in [1.29, 1.82) is 0 Å². The van der Waals surface area contributed by atoms with Crippen molar-refractivity contribution in [2.45, 2.75) is 32.2 Å². The Balaban J connectivity index is 0.00000338. The Morgan fingerprint density at radius 3 is 2.81 bits per heavy atom. The average molecular weight is 483 g/mol. The summed E-state index contributed by atoms with van der Waals surface area (Å²) in [5.41, 5.74) is 0.933. The van der Waals surface area contributed by atoms with E-state index < -0.39 is 13.0 Å². The first-order chi connectivity index (χ1) is 12.2. The molecule has 1 fully saturated rings. The minimum atomic E-state index is -2.47. The molecule has 1 aliphatic rings. The quantitative estimate of drug-likeness (QED) is 0.219. The molecule has 0 radical (unpaired) electrons. The lowest BCUT2D eigenvalue weighted by Crippen LogP contribution is -2.37. The van der Waals surface area contributed by atoms with Gasteiger partial charge < -0.3 is 20.1 Å². The van der Waals surface area contributed by atoms with E-state index >= 15 is 0 Å². The Bertz CT molecular complexity index is 543. The number of benzene rings is 1. The molecular weight excluding hydrogens is 455 g/mol. The van der Waals surface area contributed by atoms with Crippen LogP contribution in [0, 0.1) is 5.92 Å². The number of nitrogens with one attached hydrogen (secondary N) is 2. The Labute approximate surface area is 171 Å². The second-order valence-corrected chi connectivity index (χ2v) is 6.07. The molecule has 1 aromatic carbocycles. The number of ether oxygens (including phenoxy) is 2. The third-order valence-electron chi connectivity index (χ3n) is 3.77. The van der Waals surface area contributed by atoms with Crippen LogP contribution in [0.4, 0.5) is 8.78 Å². The maximum absolute atomic E-state index is 12.2. The van der Waals surface area contributed by atoms with E-state index in [4.69, 9.17) is 9.47 Å². The van der Waals surface area contributed by atoms with Crippen molar-refractivity contribution in [3.63, 3.8) is 0 Å².